The lowest BCUT2D eigenvalue weighted by molar-refractivity contribution is -0.125. The van der Waals surface area contributed by atoms with E-state index in [0.717, 1.165) is 12.5 Å². The average molecular weight is 457 g/mol. The van der Waals surface area contributed by atoms with Gasteiger partial charge in [0.2, 0.25) is 5.91 Å². The molecule has 0 unspecified atom stereocenters. The van der Waals surface area contributed by atoms with Crippen molar-refractivity contribution in [3.05, 3.63) is 59.9 Å². The van der Waals surface area contributed by atoms with Crippen LogP contribution < -0.4 is 4.90 Å². The molecule has 32 heavy (non-hydrogen) atoms. The second-order valence-electron chi connectivity index (χ2n) is 8.34. The Hall–Kier alpha value is -3.26. The summed E-state index contributed by atoms with van der Waals surface area (Å²) in [5, 5.41) is 10.5. The highest BCUT2D eigenvalue weighted by atomic mass is 35.5. The van der Waals surface area contributed by atoms with Crippen LogP contribution in [0.25, 0.3) is 22.0 Å². The number of rotatable bonds is 3. The zero-order valence-corrected chi connectivity index (χ0v) is 17.7. The van der Waals surface area contributed by atoms with Crippen molar-refractivity contribution in [2.24, 2.45) is 5.41 Å². The van der Waals surface area contributed by atoms with Gasteiger partial charge in [-0.1, -0.05) is 24.2 Å². The molecule has 3 aromatic rings. The quantitative estimate of drug-likeness (QED) is 0.599. The van der Waals surface area contributed by atoms with E-state index in [9.17, 15) is 14.3 Å². The van der Waals surface area contributed by atoms with Crippen molar-refractivity contribution in [1.29, 1.82) is 0 Å². The molecule has 2 aromatic carbocycles. The standard InChI is InChI=1S/C23H19ClF2N4O2/c1-2-17(32)29-7-6-23(9-29)10-30(11-23)22-13-8-14(24)18(20(26)21(13)27-12-28-22)19-15(25)4-3-5-16(19)31/h2-5,8,12,31H,1,6-7,9-11H2. The molecule has 1 N–H and O–H groups in total. The van der Waals surface area contributed by atoms with Crippen molar-refractivity contribution in [1.82, 2.24) is 14.9 Å². The van der Waals surface area contributed by atoms with E-state index in [1.807, 2.05) is 4.90 Å². The first-order valence-electron chi connectivity index (χ1n) is 10.1. The largest absolute Gasteiger partial charge is 0.507 e. The van der Waals surface area contributed by atoms with E-state index in [1.165, 1.54) is 30.6 Å². The molecule has 5 rings (SSSR count). The first-order chi connectivity index (χ1) is 15.3. The van der Waals surface area contributed by atoms with Gasteiger partial charge in [-0.05, 0) is 30.7 Å². The molecule has 2 saturated heterocycles. The van der Waals surface area contributed by atoms with Crippen molar-refractivity contribution in [3.63, 3.8) is 0 Å². The van der Waals surface area contributed by atoms with E-state index in [2.05, 4.69) is 16.5 Å². The van der Waals surface area contributed by atoms with Crippen molar-refractivity contribution in [2.75, 3.05) is 31.1 Å². The predicted octanol–water partition coefficient (Wildman–Crippen LogP) is 4.16. The Morgan fingerprint density at radius 1 is 1.22 bits per heavy atom. The molecule has 1 spiro atoms. The van der Waals surface area contributed by atoms with Crippen LogP contribution in [0.5, 0.6) is 5.75 Å². The molecule has 0 aliphatic carbocycles. The Labute approximate surface area is 187 Å². The molecule has 164 valence electrons. The Kier molecular flexibility index (Phi) is 4.78. The third kappa shape index (κ3) is 3.09. The van der Waals surface area contributed by atoms with Gasteiger partial charge in [0.05, 0.1) is 10.6 Å². The molecule has 2 fully saturated rings. The number of hydrogen-bond acceptors (Lipinski definition) is 5. The Balaban J connectivity index is 1.51. The number of fused-ring (bicyclic) bond motifs is 1. The van der Waals surface area contributed by atoms with E-state index >= 15 is 4.39 Å². The van der Waals surface area contributed by atoms with Gasteiger partial charge in [0.25, 0.3) is 0 Å². The van der Waals surface area contributed by atoms with Crippen molar-refractivity contribution < 1.29 is 18.7 Å². The number of carbonyl (C=O) groups is 1. The maximum Gasteiger partial charge on any atom is 0.245 e. The summed E-state index contributed by atoms with van der Waals surface area (Å²) in [5.74, 6) is -1.58. The van der Waals surface area contributed by atoms with Crippen LogP contribution in [0.1, 0.15) is 6.42 Å². The van der Waals surface area contributed by atoms with E-state index in [4.69, 9.17) is 11.6 Å². The van der Waals surface area contributed by atoms with E-state index < -0.39 is 17.4 Å². The number of hydrogen-bond donors (Lipinski definition) is 1. The Morgan fingerprint density at radius 2 is 2.00 bits per heavy atom. The van der Waals surface area contributed by atoms with Crippen LogP contribution in [0, 0.1) is 17.0 Å². The van der Waals surface area contributed by atoms with Gasteiger partial charge < -0.3 is 14.9 Å². The summed E-state index contributed by atoms with van der Waals surface area (Å²) in [7, 11) is 0. The molecule has 6 nitrogen and oxygen atoms in total. The maximum atomic E-state index is 15.5. The SMILES string of the molecule is C=CC(=O)N1CCC2(C1)CN(c1ncnc3c(F)c(-c4c(O)cccc4F)c(Cl)cc13)C2. The van der Waals surface area contributed by atoms with Gasteiger partial charge >= 0.3 is 0 Å². The average Bonchev–Trinajstić information content (AvgIpc) is 3.20. The molecular weight excluding hydrogens is 438 g/mol. The normalized spacial score (nSPS) is 17.1. The van der Waals surface area contributed by atoms with Crippen LogP contribution in [-0.4, -0.2) is 52.1 Å². The number of benzene rings is 2. The smallest absolute Gasteiger partial charge is 0.245 e. The van der Waals surface area contributed by atoms with E-state index in [1.54, 1.807) is 4.90 Å². The molecule has 0 radical (unpaired) electrons. The number of phenols is 1. The second kappa shape index (κ2) is 7.41. The first-order valence-corrected chi connectivity index (χ1v) is 10.5. The van der Waals surface area contributed by atoms with Gasteiger partial charge in [-0.15, -0.1) is 0 Å². The monoisotopic (exact) mass is 456 g/mol. The summed E-state index contributed by atoms with van der Waals surface area (Å²) in [5.41, 5.74) is -0.586. The van der Waals surface area contributed by atoms with E-state index in [0.29, 0.717) is 37.4 Å². The van der Waals surface area contributed by atoms with Crippen LogP contribution in [-0.2, 0) is 4.79 Å². The summed E-state index contributed by atoms with van der Waals surface area (Å²) in [6, 6.07) is 5.23. The lowest BCUT2D eigenvalue weighted by atomic mass is 9.79. The van der Waals surface area contributed by atoms with Crippen LogP contribution in [0.3, 0.4) is 0 Å². The molecule has 3 heterocycles. The molecule has 1 aromatic heterocycles. The maximum absolute atomic E-state index is 15.5. The summed E-state index contributed by atoms with van der Waals surface area (Å²) in [6.45, 7) is 6.19. The number of anilines is 1. The molecule has 0 atom stereocenters. The molecule has 9 heteroatoms. The third-order valence-electron chi connectivity index (χ3n) is 6.32. The lowest BCUT2D eigenvalue weighted by Gasteiger charge is -2.48. The molecule has 2 aliphatic heterocycles. The molecule has 2 aliphatic rings. The topological polar surface area (TPSA) is 69.6 Å². The van der Waals surface area contributed by atoms with Crippen molar-refractivity contribution in [2.45, 2.75) is 6.42 Å². The molecule has 0 saturated carbocycles. The fraction of sp³-hybridized carbons (Fsp3) is 0.261. The molecular formula is C23H19ClF2N4O2. The fourth-order valence-corrected chi connectivity index (χ4v) is 5.07. The number of aromatic nitrogens is 2. The Morgan fingerprint density at radius 3 is 2.72 bits per heavy atom. The van der Waals surface area contributed by atoms with Crippen LogP contribution in [0.15, 0.2) is 43.2 Å². The van der Waals surface area contributed by atoms with Gasteiger partial charge in [0, 0.05) is 42.5 Å². The van der Waals surface area contributed by atoms with Crippen LogP contribution in [0.2, 0.25) is 5.02 Å². The number of halogens is 3. The summed E-state index contributed by atoms with van der Waals surface area (Å²) in [4.78, 5) is 24.1. The zero-order chi connectivity index (χ0) is 22.6. The fourth-order valence-electron chi connectivity index (χ4n) is 4.78. The number of aromatic hydroxyl groups is 1. The van der Waals surface area contributed by atoms with Gasteiger partial charge in [0.15, 0.2) is 5.82 Å². The summed E-state index contributed by atoms with van der Waals surface area (Å²) >= 11 is 6.37. The number of amides is 1. The van der Waals surface area contributed by atoms with E-state index in [-0.39, 0.29) is 33.0 Å². The third-order valence-corrected chi connectivity index (χ3v) is 6.62. The highest BCUT2D eigenvalue weighted by Crippen LogP contribution is 2.45. The van der Waals surface area contributed by atoms with Gasteiger partial charge in [0.1, 0.15) is 29.2 Å². The molecule has 1 amide bonds. The van der Waals surface area contributed by atoms with Crippen molar-refractivity contribution >= 4 is 34.2 Å². The minimum absolute atomic E-state index is 0.00659. The van der Waals surface area contributed by atoms with Gasteiger partial charge in [-0.2, -0.15) is 0 Å². The van der Waals surface area contributed by atoms with Gasteiger partial charge in [-0.3, -0.25) is 4.79 Å². The van der Waals surface area contributed by atoms with Crippen LogP contribution >= 0.6 is 11.6 Å². The highest BCUT2D eigenvalue weighted by Gasteiger charge is 2.49. The predicted molar refractivity (Wildman–Crippen MR) is 118 cm³/mol. The van der Waals surface area contributed by atoms with Gasteiger partial charge in [-0.25, -0.2) is 18.7 Å². The first kappa shape index (κ1) is 20.6. The zero-order valence-electron chi connectivity index (χ0n) is 17.0. The van der Waals surface area contributed by atoms with Crippen molar-refractivity contribution in [3.8, 4) is 16.9 Å². The number of nitrogens with zero attached hydrogens (tertiary/aromatic N) is 4. The summed E-state index contributed by atoms with van der Waals surface area (Å²) in [6.07, 6.45) is 3.45. The van der Waals surface area contributed by atoms with Crippen LogP contribution in [0.4, 0.5) is 14.6 Å². The number of carbonyl (C=O) groups excluding carboxylic acids is 1. The Bertz CT molecular complexity index is 1260. The number of phenolic OH excluding ortho intramolecular Hbond substituents is 1. The second-order valence-corrected chi connectivity index (χ2v) is 8.75. The molecule has 0 bridgehead atoms. The lowest BCUT2D eigenvalue weighted by Crippen LogP contribution is -2.58. The summed E-state index contributed by atoms with van der Waals surface area (Å²) < 4.78 is 29.9. The minimum Gasteiger partial charge on any atom is -0.507 e. The highest BCUT2D eigenvalue weighted by molar-refractivity contribution is 6.34. The minimum atomic E-state index is -0.824. The number of likely N-dealkylation sites (tertiary alicyclic amines) is 1.